The van der Waals surface area contributed by atoms with Crippen molar-refractivity contribution in [2.75, 3.05) is 20.7 Å². The van der Waals surface area contributed by atoms with Crippen LogP contribution in [0.4, 0.5) is 22.0 Å². The number of rotatable bonds is 2. The van der Waals surface area contributed by atoms with Crippen LogP contribution in [0.25, 0.3) is 0 Å². The summed E-state index contributed by atoms with van der Waals surface area (Å²) in [5.74, 6) is -8.09. The summed E-state index contributed by atoms with van der Waals surface area (Å²) in [6.07, 6.45) is -5.50. The smallest absolute Gasteiger partial charge is 0.445 e. The van der Waals surface area contributed by atoms with Gasteiger partial charge in [0.1, 0.15) is 6.61 Å². The summed E-state index contributed by atoms with van der Waals surface area (Å²) in [5, 5.41) is 0. The molecule has 0 aromatic heterocycles. The van der Waals surface area contributed by atoms with E-state index in [1.165, 1.54) is 14.1 Å². The molecule has 0 aliphatic carbocycles. The maximum absolute atomic E-state index is 12.5. The first kappa shape index (κ1) is 15.3. The minimum atomic E-state index is -5.50. The first-order valence-corrected chi connectivity index (χ1v) is 4.07. The molecule has 0 bridgehead atoms. The lowest BCUT2D eigenvalue weighted by molar-refractivity contribution is -0.158. The van der Waals surface area contributed by atoms with Gasteiger partial charge in [-0.25, -0.2) is 9.18 Å². The van der Waals surface area contributed by atoms with E-state index >= 15 is 0 Å². The van der Waals surface area contributed by atoms with E-state index in [2.05, 4.69) is 4.74 Å². The van der Waals surface area contributed by atoms with Crippen LogP contribution < -0.4 is 0 Å². The Balaban J connectivity index is 4.50. The van der Waals surface area contributed by atoms with Crippen LogP contribution in [0.1, 0.15) is 0 Å². The number of amides is 1. The lowest BCUT2D eigenvalue weighted by Gasteiger charge is -2.09. The van der Waals surface area contributed by atoms with Crippen LogP contribution in [0.3, 0.4) is 0 Å². The second-order valence-electron chi connectivity index (χ2n) is 2.99. The van der Waals surface area contributed by atoms with Gasteiger partial charge < -0.3 is 9.64 Å². The van der Waals surface area contributed by atoms with E-state index in [1.807, 2.05) is 0 Å². The Hall–Kier alpha value is -1.67. The SMILES string of the molecule is CN(C)C(=O)C(=O)OC/C(F)=C(\F)C(F)(F)F. The number of halogens is 5. The summed E-state index contributed by atoms with van der Waals surface area (Å²) in [6, 6.07) is 0. The first-order valence-electron chi connectivity index (χ1n) is 4.07. The van der Waals surface area contributed by atoms with Gasteiger partial charge in [0.2, 0.25) is 5.83 Å². The van der Waals surface area contributed by atoms with E-state index in [9.17, 15) is 31.5 Å². The van der Waals surface area contributed by atoms with E-state index in [4.69, 9.17) is 0 Å². The topological polar surface area (TPSA) is 46.6 Å². The van der Waals surface area contributed by atoms with Gasteiger partial charge in [-0.1, -0.05) is 0 Å². The predicted octanol–water partition coefficient (Wildman–Crippen LogP) is 1.33. The van der Waals surface area contributed by atoms with E-state index in [0.717, 1.165) is 4.90 Å². The van der Waals surface area contributed by atoms with Crippen LogP contribution in [0, 0.1) is 0 Å². The van der Waals surface area contributed by atoms with Gasteiger partial charge in [0.15, 0.2) is 5.83 Å². The van der Waals surface area contributed by atoms with Crippen molar-refractivity contribution in [3.63, 3.8) is 0 Å². The standard InChI is InChI=1S/C8H8F5NO3/c1-14(2)6(15)7(16)17-3-4(9)5(10)8(11,12)13/h3H2,1-2H3/b5-4+. The minimum absolute atomic E-state index is 0.768. The van der Waals surface area contributed by atoms with Crippen molar-refractivity contribution < 1.29 is 36.3 Å². The fraction of sp³-hybridized carbons (Fsp3) is 0.500. The maximum Gasteiger partial charge on any atom is 0.445 e. The molecule has 17 heavy (non-hydrogen) atoms. The Morgan fingerprint density at radius 1 is 1.18 bits per heavy atom. The van der Waals surface area contributed by atoms with E-state index in [1.54, 1.807) is 0 Å². The quantitative estimate of drug-likeness (QED) is 0.428. The van der Waals surface area contributed by atoms with Crippen molar-refractivity contribution in [1.82, 2.24) is 4.90 Å². The molecular weight excluding hydrogens is 253 g/mol. The second-order valence-corrected chi connectivity index (χ2v) is 2.99. The Kier molecular flexibility index (Phi) is 5.05. The van der Waals surface area contributed by atoms with Crippen LogP contribution in [0.15, 0.2) is 11.7 Å². The average Bonchev–Trinajstić information content (AvgIpc) is 2.21. The molecule has 0 aromatic rings. The molecule has 9 heteroatoms. The van der Waals surface area contributed by atoms with Gasteiger partial charge >= 0.3 is 18.1 Å². The monoisotopic (exact) mass is 261 g/mol. The average molecular weight is 261 g/mol. The molecule has 1 amide bonds. The molecule has 0 aromatic carbocycles. The lowest BCUT2D eigenvalue weighted by atomic mass is 10.4. The third kappa shape index (κ3) is 4.79. The molecule has 0 atom stereocenters. The number of hydrogen-bond donors (Lipinski definition) is 0. The largest absolute Gasteiger partial charge is 0.451 e. The van der Waals surface area contributed by atoms with Crippen LogP contribution in [0.5, 0.6) is 0 Å². The number of alkyl halides is 3. The Bertz CT molecular complexity index is 348. The highest BCUT2D eigenvalue weighted by molar-refractivity contribution is 6.32. The highest BCUT2D eigenvalue weighted by Gasteiger charge is 2.38. The molecule has 0 aliphatic rings. The summed E-state index contributed by atoms with van der Waals surface area (Å²) in [5.41, 5.74) is 0. The van der Waals surface area contributed by atoms with Crippen LogP contribution in [-0.4, -0.2) is 43.7 Å². The van der Waals surface area contributed by atoms with Gasteiger partial charge in [0, 0.05) is 14.1 Å². The van der Waals surface area contributed by atoms with E-state index in [0.29, 0.717) is 0 Å². The summed E-state index contributed by atoms with van der Waals surface area (Å²) >= 11 is 0. The highest BCUT2D eigenvalue weighted by Crippen LogP contribution is 2.29. The van der Waals surface area contributed by atoms with Crippen molar-refractivity contribution in [3.8, 4) is 0 Å². The first-order chi connectivity index (χ1) is 7.57. The third-order valence-electron chi connectivity index (χ3n) is 1.40. The van der Waals surface area contributed by atoms with Crippen LogP contribution in [0.2, 0.25) is 0 Å². The van der Waals surface area contributed by atoms with Crippen LogP contribution in [-0.2, 0) is 14.3 Å². The molecule has 0 heterocycles. The van der Waals surface area contributed by atoms with E-state index < -0.39 is 36.3 Å². The molecule has 0 rings (SSSR count). The molecule has 0 unspecified atom stereocenters. The van der Waals surface area contributed by atoms with Crippen molar-refractivity contribution in [1.29, 1.82) is 0 Å². The van der Waals surface area contributed by atoms with Gasteiger partial charge in [0.05, 0.1) is 0 Å². The van der Waals surface area contributed by atoms with Crippen molar-refractivity contribution in [2.24, 2.45) is 0 Å². The summed E-state index contributed by atoms with van der Waals surface area (Å²) in [4.78, 5) is 22.3. The fourth-order valence-electron chi connectivity index (χ4n) is 0.590. The van der Waals surface area contributed by atoms with E-state index in [-0.39, 0.29) is 0 Å². The van der Waals surface area contributed by atoms with Gasteiger partial charge in [-0.15, -0.1) is 0 Å². The number of nitrogens with zero attached hydrogens (tertiary/aromatic N) is 1. The zero-order valence-electron chi connectivity index (χ0n) is 8.77. The van der Waals surface area contributed by atoms with Gasteiger partial charge in [-0.3, -0.25) is 4.79 Å². The maximum atomic E-state index is 12.5. The number of likely N-dealkylation sites (N-methyl/N-ethyl adjacent to an activating group) is 1. The molecule has 0 fully saturated rings. The number of ether oxygens (including phenoxy) is 1. The van der Waals surface area contributed by atoms with Crippen molar-refractivity contribution in [3.05, 3.63) is 11.7 Å². The predicted molar refractivity (Wildman–Crippen MR) is 45.0 cm³/mol. The molecular formula is C8H8F5NO3. The number of esters is 1. The number of hydrogen-bond acceptors (Lipinski definition) is 3. The molecule has 0 N–H and O–H groups in total. The fourth-order valence-corrected chi connectivity index (χ4v) is 0.590. The Labute approximate surface area is 92.6 Å². The highest BCUT2D eigenvalue weighted by atomic mass is 19.4. The number of carbonyl (C=O) groups is 2. The van der Waals surface area contributed by atoms with Gasteiger partial charge in [-0.2, -0.15) is 17.6 Å². The van der Waals surface area contributed by atoms with Gasteiger partial charge in [0.25, 0.3) is 0 Å². The minimum Gasteiger partial charge on any atom is -0.451 e. The molecule has 4 nitrogen and oxygen atoms in total. The molecule has 98 valence electrons. The molecule has 0 radical (unpaired) electrons. The summed E-state index contributed by atoms with van der Waals surface area (Å²) in [7, 11) is 2.35. The summed E-state index contributed by atoms with van der Waals surface area (Å²) < 4.78 is 63.4. The summed E-state index contributed by atoms with van der Waals surface area (Å²) in [6.45, 7) is -1.59. The van der Waals surface area contributed by atoms with Crippen LogP contribution >= 0.6 is 0 Å². The molecule has 0 spiro atoms. The zero-order chi connectivity index (χ0) is 13.8. The Morgan fingerprint density at radius 3 is 2.00 bits per heavy atom. The number of carbonyl (C=O) groups excluding carboxylic acids is 2. The lowest BCUT2D eigenvalue weighted by Crippen LogP contribution is -2.31. The third-order valence-corrected chi connectivity index (χ3v) is 1.40. The Morgan fingerprint density at radius 2 is 1.65 bits per heavy atom. The van der Waals surface area contributed by atoms with Crippen molar-refractivity contribution >= 4 is 11.9 Å². The molecule has 0 saturated carbocycles. The molecule has 0 aliphatic heterocycles. The molecule has 0 saturated heterocycles. The van der Waals surface area contributed by atoms with Crippen molar-refractivity contribution in [2.45, 2.75) is 6.18 Å². The normalized spacial score (nSPS) is 12.9. The zero-order valence-corrected chi connectivity index (χ0v) is 8.77. The number of allylic oxidation sites excluding steroid dienone is 1. The second kappa shape index (κ2) is 5.60. The van der Waals surface area contributed by atoms with Gasteiger partial charge in [-0.05, 0) is 0 Å².